The fourth-order valence-electron chi connectivity index (χ4n) is 1.53. The van der Waals surface area contributed by atoms with Crippen molar-refractivity contribution in [3.63, 3.8) is 0 Å². The molecule has 0 radical (unpaired) electrons. The number of halogens is 1. The lowest BCUT2D eigenvalue weighted by Gasteiger charge is -2.09. The molecular weight excluding hydrogens is 214 g/mol. The average Bonchev–Trinajstić information content (AvgIpc) is 2.42. The monoisotopic (exact) mass is 229 g/mol. The summed E-state index contributed by atoms with van der Waals surface area (Å²) in [6.07, 6.45) is 0. The number of hydrogen-bond donors (Lipinski definition) is 1. The molecule has 0 bridgehead atoms. The molecule has 0 aromatic heterocycles. The molecule has 1 aromatic carbocycles. The summed E-state index contributed by atoms with van der Waals surface area (Å²) in [6, 6.07) is 6.00. The van der Waals surface area contributed by atoms with Crippen molar-refractivity contribution in [2.24, 2.45) is 0 Å². The van der Waals surface area contributed by atoms with Crippen molar-refractivity contribution in [1.29, 1.82) is 0 Å². The number of hydrogen-bond acceptors (Lipinski definition) is 3. The maximum Gasteiger partial charge on any atom is 0.127 e. The number of benzene rings is 1. The van der Waals surface area contributed by atoms with Crippen LogP contribution in [0.1, 0.15) is 12.5 Å². The van der Waals surface area contributed by atoms with Crippen LogP contribution in [0.4, 0.5) is 0 Å². The van der Waals surface area contributed by atoms with E-state index in [1.54, 1.807) is 0 Å². The van der Waals surface area contributed by atoms with Crippen LogP contribution in [-0.2, 0) is 6.54 Å². The van der Waals surface area contributed by atoms with Crippen LogP contribution in [-0.4, -0.2) is 19.8 Å². The second-order valence-corrected chi connectivity index (χ2v) is 3.23. The van der Waals surface area contributed by atoms with E-state index in [1.807, 2.05) is 19.1 Å². The van der Waals surface area contributed by atoms with Crippen LogP contribution in [0, 0.1) is 0 Å². The predicted octanol–water partition coefficient (Wildman–Crippen LogP) is 1.99. The Kier molecular flexibility index (Phi) is 4.72. The fourth-order valence-corrected chi connectivity index (χ4v) is 1.53. The Morgan fingerprint density at radius 3 is 3.13 bits per heavy atom. The Morgan fingerprint density at radius 2 is 2.33 bits per heavy atom. The van der Waals surface area contributed by atoms with E-state index in [4.69, 9.17) is 9.47 Å². The number of rotatable bonds is 2. The van der Waals surface area contributed by atoms with Gasteiger partial charge in [-0.05, 0) is 13.0 Å². The van der Waals surface area contributed by atoms with E-state index >= 15 is 0 Å². The predicted molar refractivity (Wildman–Crippen MR) is 62.1 cm³/mol. The SMILES string of the molecule is CCOc1ccc2c(c1)OCCNC2.Cl. The fraction of sp³-hybridized carbons (Fsp3) is 0.455. The molecule has 15 heavy (non-hydrogen) atoms. The largest absolute Gasteiger partial charge is 0.494 e. The first-order valence-electron chi connectivity index (χ1n) is 4.99. The van der Waals surface area contributed by atoms with Gasteiger partial charge in [0.25, 0.3) is 0 Å². The van der Waals surface area contributed by atoms with Gasteiger partial charge in [-0.25, -0.2) is 0 Å². The molecule has 2 rings (SSSR count). The van der Waals surface area contributed by atoms with Crippen molar-refractivity contribution >= 4 is 12.4 Å². The molecule has 0 fully saturated rings. The normalized spacial score (nSPS) is 14.2. The minimum Gasteiger partial charge on any atom is -0.494 e. The quantitative estimate of drug-likeness (QED) is 0.842. The van der Waals surface area contributed by atoms with Gasteiger partial charge in [0.15, 0.2) is 0 Å². The van der Waals surface area contributed by atoms with Crippen molar-refractivity contribution in [1.82, 2.24) is 5.32 Å². The molecule has 1 N–H and O–H groups in total. The summed E-state index contributed by atoms with van der Waals surface area (Å²) in [7, 11) is 0. The third-order valence-electron chi connectivity index (χ3n) is 2.20. The van der Waals surface area contributed by atoms with E-state index < -0.39 is 0 Å². The summed E-state index contributed by atoms with van der Waals surface area (Å²) in [4.78, 5) is 0. The highest BCUT2D eigenvalue weighted by molar-refractivity contribution is 5.85. The van der Waals surface area contributed by atoms with Gasteiger partial charge in [-0.15, -0.1) is 12.4 Å². The Bertz CT molecular complexity index is 317. The molecule has 84 valence electrons. The number of ether oxygens (including phenoxy) is 2. The van der Waals surface area contributed by atoms with E-state index in [0.717, 1.165) is 31.2 Å². The third-order valence-corrected chi connectivity index (χ3v) is 2.20. The highest BCUT2D eigenvalue weighted by Gasteiger charge is 2.08. The molecule has 0 atom stereocenters. The lowest BCUT2D eigenvalue weighted by Crippen LogP contribution is -2.16. The van der Waals surface area contributed by atoms with Crippen LogP contribution >= 0.6 is 12.4 Å². The van der Waals surface area contributed by atoms with Crippen LogP contribution in [0.15, 0.2) is 18.2 Å². The highest BCUT2D eigenvalue weighted by atomic mass is 35.5. The van der Waals surface area contributed by atoms with Gasteiger partial charge in [0.2, 0.25) is 0 Å². The molecule has 1 aliphatic rings. The first-order chi connectivity index (χ1) is 6.90. The Hall–Kier alpha value is -0.930. The molecule has 1 aliphatic heterocycles. The van der Waals surface area contributed by atoms with E-state index in [1.165, 1.54) is 5.56 Å². The number of fused-ring (bicyclic) bond motifs is 1. The maximum atomic E-state index is 5.59. The van der Waals surface area contributed by atoms with Crippen LogP contribution < -0.4 is 14.8 Å². The smallest absolute Gasteiger partial charge is 0.127 e. The van der Waals surface area contributed by atoms with Crippen LogP contribution in [0.2, 0.25) is 0 Å². The zero-order valence-electron chi connectivity index (χ0n) is 8.79. The van der Waals surface area contributed by atoms with Gasteiger partial charge in [0.05, 0.1) is 6.61 Å². The van der Waals surface area contributed by atoms with Gasteiger partial charge < -0.3 is 14.8 Å². The van der Waals surface area contributed by atoms with Crippen molar-refractivity contribution in [3.05, 3.63) is 23.8 Å². The zero-order chi connectivity index (χ0) is 9.80. The third kappa shape index (κ3) is 3.01. The molecular formula is C11H16ClNO2. The minimum absolute atomic E-state index is 0. The van der Waals surface area contributed by atoms with Gasteiger partial charge in [-0.3, -0.25) is 0 Å². The maximum absolute atomic E-state index is 5.59. The standard InChI is InChI=1S/C11H15NO2.ClH/c1-2-13-10-4-3-9-8-12-5-6-14-11(9)7-10;/h3-4,7,12H,2,5-6,8H2,1H3;1H. The lowest BCUT2D eigenvalue weighted by molar-refractivity contribution is 0.315. The molecule has 0 saturated carbocycles. The second kappa shape index (κ2) is 5.83. The topological polar surface area (TPSA) is 30.5 Å². The summed E-state index contributed by atoms with van der Waals surface area (Å²) < 4.78 is 11.0. The van der Waals surface area contributed by atoms with Gasteiger partial charge >= 0.3 is 0 Å². The van der Waals surface area contributed by atoms with E-state index in [-0.39, 0.29) is 12.4 Å². The highest BCUT2D eigenvalue weighted by Crippen LogP contribution is 2.25. The Balaban J connectivity index is 0.00000112. The van der Waals surface area contributed by atoms with E-state index in [2.05, 4.69) is 11.4 Å². The summed E-state index contributed by atoms with van der Waals surface area (Å²) in [5.74, 6) is 1.83. The van der Waals surface area contributed by atoms with Crippen molar-refractivity contribution in [2.45, 2.75) is 13.5 Å². The first kappa shape index (κ1) is 12.1. The second-order valence-electron chi connectivity index (χ2n) is 3.23. The first-order valence-corrected chi connectivity index (χ1v) is 4.99. The van der Waals surface area contributed by atoms with Gasteiger partial charge in [-0.1, -0.05) is 6.07 Å². The summed E-state index contributed by atoms with van der Waals surface area (Å²) in [5.41, 5.74) is 1.20. The zero-order valence-corrected chi connectivity index (χ0v) is 9.60. The van der Waals surface area contributed by atoms with Crippen molar-refractivity contribution in [3.8, 4) is 11.5 Å². The van der Waals surface area contributed by atoms with Crippen molar-refractivity contribution < 1.29 is 9.47 Å². The Labute approximate surface area is 96.2 Å². The molecule has 3 nitrogen and oxygen atoms in total. The summed E-state index contributed by atoms with van der Waals surface area (Å²) in [5, 5.41) is 3.29. The molecule has 0 saturated heterocycles. The molecule has 0 unspecified atom stereocenters. The van der Waals surface area contributed by atoms with E-state index in [0.29, 0.717) is 6.61 Å². The average molecular weight is 230 g/mol. The van der Waals surface area contributed by atoms with Crippen LogP contribution in [0.3, 0.4) is 0 Å². The van der Waals surface area contributed by atoms with E-state index in [9.17, 15) is 0 Å². The van der Waals surface area contributed by atoms with Crippen LogP contribution in [0.5, 0.6) is 11.5 Å². The Morgan fingerprint density at radius 1 is 1.47 bits per heavy atom. The van der Waals surface area contributed by atoms with Gasteiger partial charge in [-0.2, -0.15) is 0 Å². The van der Waals surface area contributed by atoms with Gasteiger partial charge in [0.1, 0.15) is 18.1 Å². The number of nitrogens with one attached hydrogen (secondary N) is 1. The molecule has 4 heteroatoms. The molecule has 1 heterocycles. The summed E-state index contributed by atoms with van der Waals surface area (Å²) >= 11 is 0. The molecule has 1 aromatic rings. The molecule has 0 amide bonds. The van der Waals surface area contributed by atoms with Crippen molar-refractivity contribution in [2.75, 3.05) is 19.8 Å². The van der Waals surface area contributed by atoms with Crippen LogP contribution in [0.25, 0.3) is 0 Å². The molecule has 0 aliphatic carbocycles. The summed E-state index contributed by atoms with van der Waals surface area (Å²) in [6.45, 7) is 5.17. The lowest BCUT2D eigenvalue weighted by atomic mass is 10.2. The van der Waals surface area contributed by atoms with Gasteiger partial charge in [0, 0.05) is 24.7 Å². The molecule has 0 spiro atoms. The minimum atomic E-state index is 0.